The van der Waals surface area contributed by atoms with E-state index < -0.39 is 0 Å². The van der Waals surface area contributed by atoms with E-state index in [2.05, 4.69) is 240 Å². The molecule has 0 aliphatic heterocycles. The Kier molecular flexibility index (Phi) is 10.3. The summed E-state index contributed by atoms with van der Waals surface area (Å²) in [7, 11) is 3.42. The molecule has 6 nitrogen and oxygen atoms in total. The highest BCUT2D eigenvalue weighted by atomic mass is 16.5. The van der Waals surface area contributed by atoms with Crippen molar-refractivity contribution >= 4 is 132 Å². The standard InChI is InChI=1S/C74H48N2O4/c1-77-53-35-31-51(32-36-53)75(65-25-13-23-59-69-55-21-11-9-19-49(55)43-61(73(69)79-71(59)65)45-15-5-3-6-16-45)63-41-29-47-28-40-58-64(42-30-48-27-39-57(63)67(47)68(48)58)76(52-33-37-54(78-2)38-34-52)66-26-14-24-60-70-56-22-12-10-20-50(56)44-62(74(70)80-72(60)66)46-17-7-4-8-18-46/h3-44H,1-2H3. The van der Waals surface area contributed by atoms with Crippen LogP contribution in [0.25, 0.3) is 120 Å². The van der Waals surface area contributed by atoms with Crippen LogP contribution in [-0.4, -0.2) is 14.2 Å². The minimum atomic E-state index is 0.780. The van der Waals surface area contributed by atoms with Crippen molar-refractivity contribution < 1.29 is 18.3 Å². The fourth-order valence-electron chi connectivity index (χ4n) is 12.7. The number of fused-ring (bicyclic) bond motifs is 10. The Morgan fingerprint density at radius 3 is 1.09 bits per heavy atom. The number of hydrogen-bond acceptors (Lipinski definition) is 6. The van der Waals surface area contributed by atoms with E-state index in [1.54, 1.807) is 14.2 Å². The predicted octanol–water partition coefficient (Wildman–Crippen LogP) is 21.0. The maximum Gasteiger partial charge on any atom is 0.159 e. The molecule has 2 heterocycles. The molecule has 0 bridgehead atoms. The molecule has 0 unspecified atom stereocenters. The lowest BCUT2D eigenvalue weighted by Gasteiger charge is -2.29. The molecule has 0 fully saturated rings. The zero-order valence-electron chi connectivity index (χ0n) is 43.8. The smallest absolute Gasteiger partial charge is 0.159 e. The van der Waals surface area contributed by atoms with E-state index in [-0.39, 0.29) is 0 Å². The SMILES string of the molecule is COc1ccc(N(c2ccc3ccc4c(N(c5ccc(OC)cc5)c5cccc6c5oc5c(-c7ccccc7)cc7ccccc7c56)ccc5ccc2c3c54)c2cccc3c2oc2c(-c4ccccc4)cc4ccccc4c23)cc1. The van der Waals surface area contributed by atoms with Gasteiger partial charge in [0.1, 0.15) is 22.7 Å². The Bertz CT molecular complexity index is 4760. The Labute approximate surface area is 460 Å². The molecule has 378 valence electrons. The number of ether oxygens (including phenoxy) is 2. The summed E-state index contributed by atoms with van der Waals surface area (Å²) >= 11 is 0. The van der Waals surface area contributed by atoms with Gasteiger partial charge in [0.15, 0.2) is 11.2 Å². The van der Waals surface area contributed by atoms with Gasteiger partial charge in [-0.25, -0.2) is 0 Å². The number of anilines is 6. The summed E-state index contributed by atoms with van der Waals surface area (Å²) < 4.78 is 26.1. The van der Waals surface area contributed by atoms with E-state index in [4.69, 9.17) is 18.3 Å². The Hall–Kier alpha value is -10.6. The molecule has 16 aromatic rings. The second kappa shape index (κ2) is 18.0. The maximum absolute atomic E-state index is 7.32. The normalized spacial score (nSPS) is 11.9. The summed E-state index contributed by atoms with van der Waals surface area (Å²) in [5.41, 5.74) is 13.5. The number of methoxy groups -OCH3 is 2. The van der Waals surface area contributed by atoms with Crippen molar-refractivity contribution in [1.82, 2.24) is 0 Å². The highest BCUT2D eigenvalue weighted by Crippen LogP contribution is 2.52. The molecule has 6 heteroatoms. The van der Waals surface area contributed by atoms with Gasteiger partial charge in [0.05, 0.1) is 37.0 Å². The number of nitrogens with zero attached hydrogens (tertiary/aromatic N) is 2. The third kappa shape index (κ3) is 6.92. The van der Waals surface area contributed by atoms with Crippen molar-refractivity contribution in [3.05, 3.63) is 255 Å². The Morgan fingerprint density at radius 2 is 0.662 bits per heavy atom. The van der Waals surface area contributed by atoms with Crippen LogP contribution in [0.4, 0.5) is 34.1 Å². The predicted molar refractivity (Wildman–Crippen MR) is 333 cm³/mol. The van der Waals surface area contributed by atoms with Gasteiger partial charge < -0.3 is 28.1 Å². The van der Waals surface area contributed by atoms with Crippen molar-refractivity contribution in [2.24, 2.45) is 0 Å². The lowest BCUT2D eigenvalue weighted by molar-refractivity contribution is 0.414. The molecule has 0 aliphatic carbocycles. The van der Waals surface area contributed by atoms with E-state index in [0.29, 0.717) is 0 Å². The van der Waals surface area contributed by atoms with Crippen LogP contribution < -0.4 is 19.3 Å². The number of para-hydroxylation sites is 2. The van der Waals surface area contributed by atoms with Crippen LogP contribution in [0, 0.1) is 0 Å². The van der Waals surface area contributed by atoms with Gasteiger partial charge in [-0.15, -0.1) is 0 Å². The Balaban J connectivity index is 0.947. The molecular formula is C74H48N2O4. The maximum atomic E-state index is 7.32. The van der Waals surface area contributed by atoms with E-state index in [0.717, 1.165) is 155 Å². The monoisotopic (exact) mass is 1030 g/mol. The summed E-state index contributed by atoms with van der Waals surface area (Å²) in [6, 6.07) is 90.9. The topological polar surface area (TPSA) is 51.2 Å². The molecule has 0 spiro atoms. The summed E-state index contributed by atoms with van der Waals surface area (Å²) in [5, 5.41) is 15.8. The summed E-state index contributed by atoms with van der Waals surface area (Å²) in [6.07, 6.45) is 0. The molecule has 2 aromatic heterocycles. The number of benzene rings is 14. The van der Waals surface area contributed by atoms with Crippen molar-refractivity contribution in [2.45, 2.75) is 0 Å². The first-order valence-corrected chi connectivity index (χ1v) is 27.0. The zero-order chi connectivity index (χ0) is 53.0. The first-order valence-electron chi connectivity index (χ1n) is 27.0. The first-order chi connectivity index (χ1) is 39.6. The lowest BCUT2D eigenvalue weighted by atomic mass is 9.91. The van der Waals surface area contributed by atoms with Gasteiger partial charge >= 0.3 is 0 Å². The third-order valence-electron chi connectivity index (χ3n) is 16.4. The highest BCUT2D eigenvalue weighted by molar-refractivity contribution is 6.30. The minimum absolute atomic E-state index is 0.780. The molecule has 0 amide bonds. The minimum Gasteiger partial charge on any atom is -0.497 e. The highest BCUT2D eigenvalue weighted by Gasteiger charge is 2.28. The molecular weight excluding hydrogens is 981 g/mol. The van der Waals surface area contributed by atoms with Crippen LogP contribution in [0.3, 0.4) is 0 Å². The fraction of sp³-hybridized carbons (Fsp3) is 0.0270. The molecule has 0 aliphatic rings. The molecule has 0 saturated carbocycles. The van der Waals surface area contributed by atoms with E-state index in [1.165, 1.54) is 10.8 Å². The van der Waals surface area contributed by atoms with Crippen LogP contribution >= 0.6 is 0 Å². The second-order valence-corrected chi connectivity index (χ2v) is 20.6. The van der Waals surface area contributed by atoms with E-state index in [1.807, 2.05) is 24.3 Å². The van der Waals surface area contributed by atoms with Crippen molar-refractivity contribution in [3.63, 3.8) is 0 Å². The molecule has 14 aromatic carbocycles. The van der Waals surface area contributed by atoms with Gasteiger partial charge in [0.25, 0.3) is 0 Å². The van der Waals surface area contributed by atoms with Crippen molar-refractivity contribution in [1.29, 1.82) is 0 Å². The third-order valence-corrected chi connectivity index (χ3v) is 16.4. The van der Waals surface area contributed by atoms with Gasteiger partial charge in [0, 0.05) is 54.8 Å². The number of hydrogen-bond donors (Lipinski definition) is 0. The van der Waals surface area contributed by atoms with Crippen LogP contribution in [0.5, 0.6) is 11.5 Å². The van der Waals surface area contributed by atoms with Gasteiger partial charge in [-0.05, 0) is 139 Å². The first kappa shape index (κ1) is 45.6. The largest absolute Gasteiger partial charge is 0.497 e. The molecule has 0 saturated heterocycles. The Morgan fingerprint density at radius 1 is 0.275 bits per heavy atom. The molecule has 80 heavy (non-hydrogen) atoms. The van der Waals surface area contributed by atoms with Gasteiger partial charge in [-0.1, -0.05) is 170 Å². The molecule has 0 N–H and O–H groups in total. The van der Waals surface area contributed by atoms with Crippen LogP contribution in [0.2, 0.25) is 0 Å². The van der Waals surface area contributed by atoms with Crippen LogP contribution in [0.15, 0.2) is 264 Å². The van der Waals surface area contributed by atoms with Crippen LogP contribution in [0.1, 0.15) is 0 Å². The second-order valence-electron chi connectivity index (χ2n) is 20.6. The van der Waals surface area contributed by atoms with Gasteiger partial charge in [-0.3, -0.25) is 0 Å². The van der Waals surface area contributed by atoms with Gasteiger partial charge in [0.2, 0.25) is 0 Å². The van der Waals surface area contributed by atoms with Crippen molar-refractivity contribution in [3.8, 4) is 33.8 Å². The average molecular weight is 1030 g/mol. The summed E-state index contributed by atoms with van der Waals surface area (Å²) in [6.45, 7) is 0. The van der Waals surface area contributed by atoms with Gasteiger partial charge in [-0.2, -0.15) is 0 Å². The van der Waals surface area contributed by atoms with Crippen molar-refractivity contribution in [2.75, 3.05) is 24.0 Å². The van der Waals surface area contributed by atoms with E-state index >= 15 is 0 Å². The van der Waals surface area contributed by atoms with E-state index in [9.17, 15) is 0 Å². The average Bonchev–Trinajstić information content (AvgIpc) is 4.29. The quantitative estimate of drug-likeness (QED) is 0.127. The van der Waals surface area contributed by atoms with Crippen LogP contribution in [-0.2, 0) is 0 Å². The fourth-order valence-corrected chi connectivity index (χ4v) is 12.7. The summed E-state index contributed by atoms with van der Waals surface area (Å²) in [4.78, 5) is 4.72. The number of furan rings is 2. The molecule has 0 atom stereocenters. The zero-order valence-corrected chi connectivity index (χ0v) is 43.8. The molecule has 16 rings (SSSR count). The molecule has 0 radical (unpaired) electrons. The summed E-state index contributed by atoms with van der Waals surface area (Å²) in [5.74, 6) is 1.56. The number of rotatable bonds is 10. The lowest BCUT2D eigenvalue weighted by Crippen LogP contribution is -2.12.